The lowest BCUT2D eigenvalue weighted by Gasteiger charge is -2.18. The molecule has 0 aliphatic rings. The minimum Gasteiger partial charge on any atom is -0.496 e. The van der Waals surface area contributed by atoms with E-state index >= 15 is 0 Å². The van der Waals surface area contributed by atoms with Gasteiger partial charge in [-0.25, -0.2) is 4.39 Å². The summed E-state index contributed by atoms with van der Waals surface area (Å²) >= 11 is 0. The van der Waals surface area contributed by atoms with Crippen LogP contribution in [0, 0.1) is 12.7 Å². The molecule has 0 spiro atoms. The monoisotopic (exact) mass is 275 g/mol. The summed E-state index contributed by atoms with van der Waals surface area (Å²) in [5, 5.41) is 0. The number of rotatable bonds is 4. The topological polar surface area (TPSA) is 44.5 Å². The maximum absolute atomic E-state index is 14.0. The smallest absolute Gasteiger partial charge is 0.132 e. The third kappa shape index (κ3) is 2.60. The number of benzene rings is 2. The standard InChI is InChI=1S/C16H18FNO2/c1-10-9-11(7-8-13(10)19-2)16(18)15-12(17)5-4-6-14(15)20-3/h4-9,16H,18H2,1-3H3. The van der Waals surface area contributed by atoms with Gasteiger partial charge >= 0.3 is 0 Å². The minimum atomic E-state index is -0.587. The Morgan fingerprint density at radius 1 is 1.05 bits per heavy atom. The molecule has 20 heavy (non-hydrogen) atoms. The average Bonchev–Trinajstić information content (AvgIpc) is 2.46. The predicted octanol–water partition coefficient (Wildman–Crippen LogP) is 3.20. The first kappa shape index (κ1) is 14.3. The van der Waals surface area contributed by atoms with Gasteiger partial charge < -0.3 is 15.2 Å². The zero-order valence-electron chi connectivity index (χ0n) is 11.8. The fourth-order valence-electron chi connectivity index (χ4n) is 2.26. The van der Waals surface area contributed by atoms with Crippen molar-refractivity contribution in [2.75, 3.05) is 14.2 Å². The molecule has 1 atom stereocenters. The van der Waals surface area contributed by atoms with E-state index in [1.165, 1.54) is 13.2 Å². The lowest BCUT2D eigenvalue weighted by molar-refractivity contribution is 0.401. The normalized spacial score (nSPS) is 12.1. The van der Waals surface area contributed by atoms with Crippen molar-refractivity contribution in [2.24, 2.45) is 5.73 Å². The highest BCUT2D eigenvalue weighted by atomic mass is 19.1. The van der Waals surface area contributed by atoms with E-state index in [1.54, 1.807) is 19.2 Å². The van der Waals surface area contributed by atoms with Crippen LogP contribution in [0.5, 0.6) is 11.5 Å². The molecule has 0 radical (unpaired) electrons. The number of methoxy groups -OCH3 is 2. The summed E-state index contributed by atoms with van der Waals surface area (Å²) in [6, 6.07) is 9.66. The molecule has 4 heteroatoms. The van der Waals surface area contributed by atoms with E-state index in [-0.39, 0.29) is 5.82 Å². The van der Waals surface area contributed by atoms with Gasteiger partial charge in [0.15, 0.2) is 0 Å². The molecule has 0 aromatic heterocycles. The van der Waals surface area contributed by atoms with Gasteiger partial charge in [-0.05, 0) is 36.2 Å². The van der Waals surface area contributed by atoms with Gasteiger partial charge in [0.1, 0.15) is 17.3 Å². The molecule has 2 aromatic rings. The Morgan fingerprint density at radius 2 is 1.75 bits per heavy atom. The van der Waals surface area contributed by atoms with Gasteiger partial charge in [-0.3, -0.25) is 0 Å². The maximum atomic E-state index is 14.0. The van der Waals surface area contributed by atoms with Crippen molar-refractivity contribution in [3.05, 3.63) is 58.9 Å². The average molecular weight is 275 g/mol. The first-order valence-electron chi connectivity index (χ1n) is 6.31. The highest BCUT2D eigenvalue weighted by Crippen LogP contribution is 2.32. The Labute approximate surface area is 118 Å². The highest BCUT2D eigenvalue weighted by molar-refractivity contribution is 5.45. The van der Waals surface area contributed by atoms with Crippen molar-refractivity contribution >= 4 is 0 Å². The maximum Gasteiger partial charge on any atom is 0.132 e. The molecule has 2 rings (SSSR count). The van der Waals surface area contributed by atoms with Crippen LogP contribution in [0.2, 0.25) is 0 Å². The molecule has 2 N–H and O–H groups in total. The van der Waals surface area contributed by atoms with E-state index < -0.39 is 6.04 Å². The van der Waals surface area contributed by atoms with Crippen molar-refractivity contribution < 1.29 is 13.9 Å². The predicted molar refractivity (Wildman–Crippen MR) is 76.7 cm³/mol. The first-order chi connectivity index (χ1) is 9.58. The molecule has 0 amide bonds. The molecular weight excluding hydrogens is 257 g/mol. The number of hydrogen-bond donors (Lipinski definition) is 1. The van der Waals surface area contributed by atoms with E-state index in [0.717, 1.165) is 16.9 Å². The Kier molecular flexibility index (Phi) is 4.25. The summed E-state index contributed by atoms with van der Waals surface area (Å²) in [4.78, 5) is 0. The van der Waals surface area contributed by atoms with Gasteiger partial charge in [-0.2, -0.15) is 0 Å². The van der Waals surface area contributed by atoms with Gasteiger partial charge in [-0.15, -0.1) is 0 Å². The van der Waals surface area contributed by atoms with Gasteiger partial charge in [0, 0.05) is 0 Å². The van der Waals surface area contributed by atoms with Crippen LogP contribution in [-0.2, 0) is 0 Å². The van der Waals surface area contributed by atoms with Gasteiger partial charge in [0.25, 0.3) is 0 Å². The zero-order valence-corrected chi connectivity index (χ0v) is 11.8. The summed E-state index contributed by atoms with van der Waals surface area (Å²) in [6.45, 7) is 1.92. The Balaban J connectivity index is 2.46. The van der Waals surface area contributed by atoms with E-state index in [9.17, 15) is 4.39 Å². The second-order valence-electron chi connectivity index (χ2n) is 4.56. The van der Waals surface area contributed by atoms with E-state index in [4.69, 9.17) is 15.2 Å². The molecule has 0 bridgehead atoms. The number of nitrogens with two attached hydrogens (primary N) is 1. The van der Waals surface area contributed by atoms with Crippen LogP contribution in [0.4, 0.5) is 4.39 Å². The summed E-state index contributed by atoms with van der Waals surface area (Å²) in [7, 11) is 3.12. The van der Waals surface area contributed by atoms with Crippen molar-refractivity contribution in [3.8, 4) is 11.5 Å². The molecule has 106 valence electrons. The third-order valence-corrected chi connectivity index (χ3v) is 3.32. The summed E-state index contributed by atoms with van der Waals surface area (Å²) < 4.78 is 24.4. The van der Waals surface area contributed by atoms with Crippen LogP contribution in [0.1, 0.15) is 22.7 Å². The van der Waals surface area contributed by atoms with Crippen molar-refractivity contribution in [2.45, 2.75) is 13.0 Å². The van der Waals surface area contributed by atoms with Crippen molar-refractivity contribution in [3.63, 3.8) is 0 Å². The van der Waals surface area contributed by atoms with Crippen molar-refractivity contribution in [1.82, 2.24) is 0 Å². The number of ether oxygens (including phenoxy) is 2. The lowest BCUT2D eigenvalue weighted by Crippen LogP contribution is -2.15. The second kappa shape index (κ2) is 5.92. The molecule has 0 aliphatic heterocycles. The summed E-state index contributed by atoms with van der Waals surface area (Å²) in [5.74, 6) is 0.859. The Hall–Kier alpha value is -2.07. The fraction of sp³-hybridized carbons (Fsp3) is 0.250. The largest absolute Gasteiger partial charge is 0.496 e. The first-order valence-corrected chi connectivity index (χ1v) is 6.31. The zero-order chi connectivity index (χ0) is 14.7. The Morgan fingerprint density at radius 3 is 2.35 bits per heavy atom. The molecule has 0 aliphatic carbocycles. The summed E-state index contributed by atoms with van der Waals surface area (Å²) in [5.41, 5.74) is 8.32. The molecule has 0 saturated heterocycles. The highest BCUT2D eigenvalue weighted by Gasteiger charge is 2.19. The molecule has 1 unspecified atom stereocenters. The van der Waals surface area contributed by atoms with E-state index in [2.05, 4.69) is 0 Å². The van der Waals surface area contributed by atoms with Gasteiger partial charge in [-0.1, -0.05) is 18.2 Å². The van der Waals surface area contributed by atoms with Crippen LogP contribution in [0.15, 0.2) is 36.4 Å². The second-order valence-corrected chi connectivity index (χ2v) is 4.56. The molecule has 0 fully saturated rings. The van der Waals surface area contributed by atoms with Crippen LogP contribution in [0.3, 0.4) is 0 Å². The fourth-order valence-corrected chi connectivity index (χ4v) is 2.26. The third-order valence-electron chi connectivity index (χ3n) is 3.32. The minimum absolute atomic E-state index is 0.361. The molecule has 0 saturated carbocycles. The van der Waals surface area contributed by atoms with Gasteiger partial charge in [0.2, 0.25) is 0 Å². The quantitative estimate of drug-likeness (QED) is 0.932. The van der Waals surface area contributed by atoms with Crippen LogP contribution >= 0.6 is 0 Å². The molecule has 0 heterocycles. The molecule has 3 nitrogen and oxygen atoms in total. The van der Waals surface area contributed by atoms with Crippen LogP contribution in [0.25, 0.3) is 0 Å². The SMILES string of the molecule is COc1ccc(C(N)c2c(F)cccc2OC)cc1C. The summed E-state index contributed by atoms with van der Waals surface area (Å²) in [6.07, 6.45) is 0. The molecular formula is C16H18FNO2. The lowest BCUT2D eigenvalue weighted by atomic mass is 9.96. The van der Waals surface area contributed by atoms with Crippen LogP contribution < -0.4 is 15.2 Å². The Bertz CT molecular complexity index is 613. The molecule has 2 aromatic carbocycles. The number of hydrogen-bond acceptors (Lipinski definition) is 3. The van der Waals surface area contributed by atoms with E-state index in [1.807, 2.05) is 25.1 Å². The van der Waals surface area contributed by atoms with Gasteiger partial charge in [0.05, 0.1) is 25.8 Å². The van der Waals surface area contributed by atoms with Crippen molar-refractivity contribution in [1.29, 1.82) is 0 Å². The number of halogens is 1. The van der Waals surface area contributed by atoms with Crippen LogP contribution in [-0.4, -0.2) is 14.2 Å². The van der Waals surface area contributed by atoms with E-state index in [0.29, 0.717) is 11.3 Å². The number of aryl methyl sites for hydroxylation is 1.